The Kier molecular flexibility index (Phi) is 3.56. The largest absolute Gasteiger partial charge is 0.478 e. The van der Waals surface area contributed by atoms with Crippen LogP contribution in [-0.4, -0.2) is 22.0 Å². The molecule has 2 aromatic rings. The molecule has 0 spiro atoms. The molecular weight excluding hydrogens is 244 g/mol. The van der Waals surface area contributed by atoms with Crippen molar-refractivity contribution in [3.05, 3.63) is 54.4 Å². The second-order valence-electron chi connectivity index (χ2n) is 3.92. The molecular formula is C14H12N2O3. The van der Waals surface area contributed by atoms with E-state index in [0.29, 0.717) is 11.4 Å². The fraction of sp³-hybridized carbons (Fsp3) is 0.0714. The van der Waals surface area contributed by atoms with Crippen molar-refractivity contribution in [2.24, 2.45) is 0 Å². The number of rotatable bonds is 3. The number of amides is 1. The van der Waals surface area contributed by atoms with Crippen LogP contribution in [0, 0.1) is 0 Å². The van der Waals surface area contributed by atoms with Crippen molar-refractivity contribution in [1.82, 2.24) is 4.98 Å². The highest BCUT2D eigenvalue weighted by Crippen LogP contribution is 2.25. The number of hydrogen-bond donors (Lipinski definition) is 1. The van der Waals surface area contributed by atoms with E-state index in [-0.39, 0.29) is 11.5 Å². The minimum absolute atomic E-state index is 0.137. The Labute approximate surface area is 110 Å². The molecule has 0 saturated heterocycles. The van der Waals surface area contributed by atoms with Crippen molar-refractivity contribution in [2.75, 3.05) is 4.90 Å². The first-order valence-electron chi connectivity index (χ1n) is 5.63. The maximum absolute atomic E-state index is 11.8. The molecule has 0 unspecified atom stereocenters. The maximum Gasteiger partial charge on any atom is 0.335 e. The molecule has 1 N–H and O–H groups in total. The summed E-state index contributed by atoms with van der Waals surface area (Å²) in [5.74, 6) is -1.23. The minimum atomic E-state index is -1.03. The molecule has 1 amide bonds. The van der Waals surface area contributed by atoms with Crippen molar-refractivity contribution in [2.45, 2.75) is 6.92 Å². The zero-order chi connectivity index (χ0) is 13.8. The number of hydrogen-bond acceptors (Lipinski definition) is 3. The summed E-state index contributed by atoms with van der Waals surface area (Å²) in [4.78, 5) is 28.1. The molecule has 0 atom stereocenters. The zero-order valence-electron chi connectivity index (χ0n) is 10.3. The van der Waals surface area contributed by atoms with Crippen molar-refractivity contribution >= 4 is 23.3 Å². The molecule has 96 valence electrons. The molecule has 19 heavy (non-hydrogen) atoms. The van der Waals surface area contributed by atoms with Crippen LogP contribution in [0.25, 0.3) is 0 Å². The molecule has 2 rings (SSSR count). The lowest BCUT2D eigenvalue weighted by molar-refractivity contribution is -0.115. The summed E-state index contributed by atoms with van der Waals surface area (Å²) in [6, 6.07) is 9.62. The second-order valence-corrected chi connectivity index (χ2v) is 3.92. The van der Waals surface area contributed by atoms with Crippen LogP contribution < -0.4 is 4.90 Å². The number of carbonyl (C=O) groups excluding carboxylic acids is 1. The van der Waals surface area contributed by atoms with Gasteiger partial charge in [-0.3, -0.25) is 14.7 Å². The van der Waals surface area contributed by atoms with E-state index >= 15 is 0 Å². The summed E-state index contributed by atoms with van der Waals surface area (Å²) in [6.45, 7) is 1.42. The van der Waals surface area contributed by atoms with Gasteiger partial charge in [-0.1, -0.05) is 6.07 Å². The van der Waals surface area contributed by atoms with E-state index in [2.05, 4.69) is 4.98 Å². The highest BCUT2D eigenvalue weighted by molar-refractivity contribution is 6.00. The summed E-state index contributed by atoms with van der Waals surface area (Å²) in [7, 11) is 0. The lowest BCUT2D eigenvalue weighted by atomic mass is 10.1. The molecule has 1 aromatic heterocycles. The van der Waals surface area contributed by atoms with Gasteiger partial charge in [-0.05, 0) is 30.3 Å². The van der Waals surface area contributed by atoms with Crippen molar-refractivity contribution in [3.63, 3.8) is 0 Å². The normalized spacial score (nSPS) is 9.95. The fourth-order valence-electron chi connectivity index (χ4n) is 1.78. The summed E-state index contributed by atoms with van der Waals surface area (Å²) in [6.07, 6.45) is 3.15. The van der Waals surface area contributed by atoms with Crippen LogP contribution in [0.4, 0.5) is 11.4 Å². The smallest absolute Gasteiger partial charge is 0.335 e. The third-order valence-electron chi connectivity index (χ3n) is 2.59. The van der Waals surface area contributed by atoms with Crippen LogP contribution in [0.15, 0.2) is 48.8 Å². The topological polar surface area (TPSA) is 70.5 Å². The Morgan fingerprint density at radius 3 is 2.37 bits per heavy atom. The van der Waals surface area contributed by atoms with Gasteiger partial charge >= 0.3 is 5.97 Å². The third kappa shape index (κ3) is 2.77. The molecule has 0 bridgehead atoms. The van der Waals surface area contributed by atoms with E-state index in [4.69, 9.17) is 5.11 Å². The van der Waals surface area contributed by atoms with Gasteiger partial charge in [0, 0.05) is 25.0 Å². The third-order valence-corrected chi connectivity index (χ3v) is 2.59. The van der Waals surface area contributed by atoms with E-state index in [1.54, 1.807) is 36.7 Å². The van der Waals surface area contributed by atoms with E-state index in [0.717, 1.165) is 0 Å². The van der Waals surface area contributed by atoms with Crippen molar-refractivity contribution in [3.8, 4) is 0 Å². The van der Waals surface area contributed by atoms with Crippen LogP contribution in [0.2, 0.25) is 0 Å². The van der Waals surface area contributed by atoms with Gasteiger partial charge in [0.1, 0.15) is 0 Å². The quantitative estimate of drug-likeness (QED) is 0.915. The number of aromatic nitrogens is 1. The molecule has 1 heterocycles. The van der Waals surface area contributed by atoms with Gasteiger partial charge < -0.3 is 5.11 Å². The number of anilines is 2. The predicted molar refractivity (Wildman–Crippen MR) is 70.5 cm³/mol. The average molecular weight is 256 g/mol. The molecule has 0 fully saturated rings. The summed E-state index contributed by atoms with van der Waals surface area (Å²) in [5.41, 5.74) is 1.29. The van der Waals surface area contributed by atoms with Gasteiger partial charge in [0.15, 0.2) is 0 Å². The number of pyridine rings is 1. The Hall–Kier alpha value is -2.69. The molecule has 5 nitrogen and oxygen atoms in total. The molecule has 0 saturated carbocycles. The van der Waals surface area contributed by atoms with Gasteiger partial charge in [0.2, 0.25) is 5.91 Å². The molecule has 0 radical (unpaired) electrons. The molecule has 0 aliphatic heterocycles. The monoisotopic (exact) mass is 256 g/mol. The SMILES string of the molecule is CC(=O)N(c1ccncc1)c1cccc(C(=O)O)c1. The van der Waals surface area contributed by atoms with Crippen LogP contribution in [0.3, 0.4) is 0 Å². The highest BCUT2D eigenvalue weighted by atomic mass is 16.4. The summed E-state index contributed by atoms with van der Waals surface area (Å²) < 4.78 is 0. The molecule has 1 aromatic carbocycles. The fourth-order valence-corrected chi connectivity index (χ4v) is 1.78. The van der Waals surface area contributed by atoms with Gasteiger partial charge in [-0.25, -0.2) is 4.79 Å². The van der Waals surface area contributed by atoms with E-state index in [9.17, 15) is 9.59 Å². The number of benzene rings is 1. The molecule has 0 aliphatic rings. The van der Waals surface area contributed by atoms with Gasteiger partial charge in [0.25, 0.3) is 0 Å². The first-order valence-corrected chi connectivity index (χ1v) is 5.63. The van der Waals surface area contributed by atoms with E-state index in [1.165, 1.54) is 24.0 Å². The molecule has 0 aliphatic carbocycles. The number of nitrogens with zero attached hydrogens (tertiary/aromatic N) is 2. The Balaban J connectivity index is 2.49. The minimum Gasteiger partial charge on any atom is -0.478 e. The zero-order valence-corrected chi connectivity index (χ0v) is 10.3. The van der Waals surface area contributed by atoms with Gasteiger partial charge in [0.05, 0.1) is 11.3 Å². The average Bonchev–Trinajstić information content (AvgIpc) is 2.40. The Bertz CT molecular complexity index is 611. The summed E-state index contributed by atoms with van der Waals surface area (Å²) >= 11 is 0. The second kappa shape index (κ2) is 5.30. The summed E-state index contributed by atoms with van der Waals surface area (Å²) in [5, 5.41) is 8.99. The standard InChI is InChI=1S/C14H12N2O3/c1-10(17)16(12-5-7-15-8-6-12)13-4-2-3-11(9-13)14(18)19/h2-9H,1H3,(H,18,19). The Morgan fingerprint density at radius 1 is 1.11 bits per heavy atom. The molecule has 5 heteroatoms. The Morgan fingerprint density at radius 2 is 1.79 bits per heavy atom. The first kappa shape index (κ1) is 12.8. The van der Waals surface area contributed by atoms with E-state index in [1.807, 2.05) is 0 Å². The van der Waals surface area contributed by atoms with Gasteiger partial charge in [-0.2, -0.15) is 0 Å². The first-order chi connectivity index (χ1) is 9.09. The number of carbonyl (C=O) groups is 2. The lowest BCUT2D eigenvalue weighted by Gasteiger charge is -2.21. The van der Waals surface area contributed by atoms with Crippen LogP contribution >= 0.6 is 0 Å². The predicted octanol–water partition coefficient (Wildman–Crippen LogP) is 2.46. The highest BCUT2D eigenvalue weighted by Gasteiger charge is 2.15. The lowest BCUT2D eigenvalue weighted by Crippen LogP contribution is -2.22. The van der Waals surface area contributed by atoms with Crippen LogP contribution in [0.5, 0.6) is 0 Å². The maximum atomic E-state index is 11.8. The van der Waals surface area contributed by atoms with Crippen LogP contribution in [0.1, 0.15) is 17.3 Å². The van der Waals surface area contributed by atoms with Crippen molar-refractivity contribution < 1.29 is 14.7 Å². The van der Waals surface area contributed by atoms with E-state index < -0.39 is 5.97 Å². The number of carboxylic acids is 1. The van der Waals surface area contributed by atoms with Gasteiger partial charge in [-0.15, -0.1) is 0 Å². The number of aromatic carboxylic acids is 1. The number of carboxylic acid groups (broad SMARTS) is 1. The van der Waals surface area contributed by atoms with Crippen molar-refractivity contribution in [1.29, 1.82) is 0 Å². The van der Waals surface area contributed by atoms with Crippen LogP contribution in [-0.2, 0) is 4.79 Å².